The molecule has 0 aliphatic carbocycles. The van der Waals surface area contributed by atoms with Crippen molar-refractivity contribution in [3.8, 4) is 11.1 Å². The predicted molar refractivity (Wildman–Crippen MR) is 111 cm³/mol. The third-order valence-electron chi connectivity index (χ3n) is 4.16. The second-order valence-corrected chi connectivity index (χ2v) is 7.69. The Morgan fingerprint density at radius 2 is 1.44 bits per heavy atom. The molecule has 1 amide bonds. The molecule has 0 fully saturated rings. The minimum Gasteiger partial charge on any atom is -0.394 e. The lowest BCUT2D eigenvalue weighted by molar-refractivity contribution is -0.121. The van der Waals surface area contributed by atoms with E-state index in [4.69, 9.17) is 10.8 Å². The van der Waals surface area contributed by atoms with Crippen molar-refractivity contribution in [2.24, 2.45) is 5.73 Å². The van der Waals surface area contributed by atoms with E-state index >= 15 is 0 Å². The molecule has 3 aromatic rings. The summed E-state index contributed by atoms with van der Waals surface area (Å²) >= 11 is 1.65. The van der Waals surface area contributed by atoms with Crippen LogP contribution in [0.15, 0.2) is 88.7 Å². The van der Waals surface area contributed by atoms with E-state index in [1.54, 1.807) is 11.8 Å². The average molecular weight is 378 g/mol. The number of hydrogen-bond acceptors (Lipinski definition) is 4. The number of rotatable bonds is 6. The van der Waals surface area contributed by atoms with E-state index < -0.39 is 18.1 Å². The van der Waals surface area contributed by atoms with E-state index in [-0.39, 0.29) is 0 Å². The molecular formula is C22H22N2O2S. The molecule has 0 spiro atoms. The van der Waals surface area contributed by atoms with Gasteiger partial charge in [0.1, 0.15) is 5.54 Å². The first-order valence-electron chi connectivity index (χ1n) is 8.62. The zero-order chi connectivity index (χ0) is 19.3. The van der Waals surface area contributed by atoms with Crippen LogP contribution in [0.5, 0.6) is 0 Å². The number of nitrogens with one attached hydrogen (secondary N) is 1. The molecule has 0 saturated carbocycles. The Morgan fingerprint density at radius 3 is 2.00 bits per heavy atom. The monoisotopic (exact) mass is 378 g/mol. The molecule has 0 heterocycles. The van der Waals surface area contributed by atoms with Gasteiger partial charge in [-0.3, -0.25) is 4.79 Å². The highest BCUT2D eigenvalue weighted by molar-refractivity contribution is 7.99. The first kappa shape index (κ1) is 19.2. The molecule has 0 aliphatic rings. The summed E-state index contributed by atoms with van der Waals surface area (Å²) in [5.74, 6) is -0.415. The molecule has 1 atom stereocenters. The fourth-order valence-corrected chi connectivity index (χ4v) is 3.25. The lowest BCUT2D eigenvalue weighted by Crippen LogP contribution is -2.51. The number of benzene rings is 3. The van der Waals surface area contributed by atoms with Gasteiger partial charge in [0.2, 0.25) is 5.91 Å². The summed E-state index contributed by atoms with van der Waals surface area (Å²) in [6.07, 6.45) is 0. The number of aliphatic hydroxyl groups is 1. The van der Waals surface area contributed by atoms with Crippen molar-refractivity contribution < 1.29 is 9.90 Å². The number of carbonyl (C=O) groups is 1. The highest BCUT2D eigenvalue weighted by atomic mass is 32.2. The number of anilines is 1. The SMILES string of the molecule is C[C@](N)(CO)C(=O)Nc1ccc(Sc2ccc(-c3ccccc3)cc2)cc1. The molecular weight excluding hydrogens is 356 g/mol. The van der Waals surface area contributed by atoms with Crippen LogP contribution in [-0.2, 0) is 4.79 Å². The highest BCUT2D eigenvalue weighted by Crippen LogP contribution is 2.30. The van der Waals surface area contributed by atoms with Gasteiger partial charge in [0.05, 0.1) is 6.61 Å². The van der Waals surface area contributed by atoms with Crippen molar-refractivity contribution in [1.82, 2.24) is 0 Å². The average Bonchev–Trinajstić information content (AvgIpc) is 2.70. The minimum absolute atomic E-state index is 0.411. The Bertz CT molecular complexity index is 892. The van der Waals surface area contributed by atoms with E-state index in [2.05, 4.69) is 41.7 Å². The maximum Gasteiger partial charge on any atom is 0.246 e. The molecule has 5 heteroatoms. The third kappa shape index (κ3) is 4.98. The van der Waals surface area contributed by atoms with Crippen LogP contribution in [0, 0.1) is 0 Å². The van der Waals surface area contributed by atoms with Crippen LogP contribution >= 0.6 is 11.8 Å². The summed E-state index contributed by atoms with van der Waals surface area (Å²) in [4.78, 5) is 14.2. The van der Waals surface area contributed by atoms with Crippen LogP contribution in [0.25, 0.3) is 11.1 Å². The van der Waals surface area contributed by atoms with Gasteiger partial charge in [-0.1, -0.05) is 54.2 Å². The Hall–Kier alpha value is -2.60. The van der Waals surface area contributed by atoms with Crippen molar-refractivity contribution in [2.45, 2.75) is 22.3 Å². The van der Waals surface area contributed by atoms with Gasteiger partial charge in [-0.15, -0.1) is 0 Å². The molecule has 3 rings (SSSR count). The summed E-state index contributed by atoms with van der Waals surface area (Å²) in [6, 6.07) is 26.2. The fourth-order valence-electron chi connectivity index (χ4n) is 2.43. The molecule has 4 N–H and O–H groups in total. The Morgan fingerprint density at radius 1 is 0.926 bits per heavy atom. The van der Waals surface area contributed by atoms with Gasteiger partial charge in [-0.05, 0) is 54.4 Å². The maximum absolute atomic E-state index is 12.0. The molecule has 0 saturated heterocycles. The standard InChI is InChI=1S/C22H22N2O2S/c1-22(23,15-25)21(26)24-18-9-13-20(14-10-18)27-19-11-7-17(8-12-19)16-5-3-2-4-6-16/h2-14,25H,15,23H2,1H3,(H,24,26)/t22-/m0/s1. The fraction of sp³-hybridized carbons (Fsp3) is 0.136. The lowest BCUT2D eigenvalue weighted by atomic mass is 10.0. The number of aliphatic hydroxyl groups excluding tert-OH is 1. The smallest absolute Gasteiger partial charge is 0.246 e. The van der Waals surface area contributed by atoms with Crippen LogP contribution in [-0.4, -0.2) is 23.2 Å². The van der Waals surface area contributed by atoms with Crippen LogP contribution in [0.2, 0.25) is 0 Å². The van der Waals surface area contributed by atoms with Crippen molar-refractivity contribution in [3.63, 3.8) is 0 Å². The first-order chi connectivity index (χ1) is 13.0. The van der Waals surface area contributed by atoms with Gasteiger partial charge in [-0.2, -0.15) is 0 Å². The summed E-state index contributed by atoms with van der Waals surface area (Å²) in [5, 5.41) is 11.9. The molecule has 4 nitrogen and oxygen atoms in total. The Balaban J connectivity index is 1.64. The summed E-state index contributed by atoms with van der Waals surface area (Å²) in [5.41, 5.74) is 7.46. The molecule has 0 bridgehead atoms. The van der Waals surface area contributed by atoms with E-state index in [0.717, 1.165) is 9.79 Å². The van der Waals surface area contributed by atoms with Gasteiger partial charge in [-0.25, -0.2) is 0 Å². The number of nitrogens with two attached hydrogens (primary N) is 1. The van der Waals surface area contributed by atoms with E-state index in [9.17, 15) is 4.79 Å². The molecule has 0 aromatic heterocycles. The highest BCUT2D eigenvalue weighted by Gasteiger charge is 2.27. The molecule has 27 heavy (non-hydrogen) atoms. The number of hydrogen-bond donors (Lipinski definition) is 3. The molecule has 3 aromatic carbocycles. The Labute approximate surface area is 163 Å². The first-order valence-corrected chi connectivity index (χ1v) is 9.44. The van der Waals surface area contributed by atoms with E-state index in [1.165, 1.54) is 18.1 Å². The van der Waals surface area contributed by atoms with Crippen molar-refractivity contribution in [2.75, 3.05) is 11.9 Å². The van der Waals surface area contributed by atoms with Crippen molar-refractivity contribution in [3.05, 3.63) is 78.9 Å². The van der Waals surface area contributed by atoms with Gasteiger partial charge in [0, 0.05) is 15.5 Å². The molecule has 0 unspecified atom stereocenters. The summed E-state index contributed by atoms with van der Waals surface area (Å²) < 4.78 is 0. The third-order valence-corrected chi connectivity index (χ3v) is 5.17. The Kier molecular flexibility index (Phi) is 5.96. The van der Waals surface area contributed by atoms with E-state index in [1.807, 2.05) is 42.5 Å². The van der Waals surface area contributed by atoms with Crippen LogP contribution in [0.4, 0.5) is 5.69 Å². The van der Waals surface area contributed by atoms with Crippen LogP contribution < -0.4 is 11.1 Å². The summed E-state index contributed by atoms with van der Waals surface area (Å²) in [6.45, 7) is 1.08. The quantitative estimate of drug-likeness (QED) is 0.602. The second-order valence-electron chi connectivity index (χ2n) is 6.55. The van der Waals surface area contributed by atoms with Crippen molar-refractivity contribution >= 4 is 23.4 Å². The zero-order valence-electron chi connectivity index (χ0n) is 15.1. The molecule has 0 radical (unpaired) electrons. The largest absolute Gasteiger partial charge is 0.394 e. The lowest BCUT2D eigenvalue weighted by Gasteiger charge is -2.20. The van der Waals surface area contributed by atoms with Crippen LogP contribution in [0.3, 0.4) is 0 Å². The predicted octanol–water partition coefficient (Wildman–Crippen LogP) is 4.15. The molecule has 0 aliphatic heterocycles. The van der Waals surface area contributed by atoms with Gasteiger partial charge >= 0.3 is 0 Å². The van der Waals surface area contributed by atoms with Crippen LogP contribution in [0.1, 0.15) is 6.92 Å². The molecule has 138 valence electrons. The number of amides is 1. The number of carbonyl (C=O) groups excluding carboxylic acids is 1. The topological polar surface area (TPSA) is 75.3 Å². The van der Waals surface area contributed by atoms with Gasteiger partial charge in [0.15, 0.2) is 0 Å². The summed E-state index contributed by atoms with van der Waals surface area (Å²) in [7, 11) is 0. The normalized spacial score (nSPS) is 13.0. The maximum atomic E-state index is 12.0. The van der Waals surface area contributed by atoms with Crippen molar-refractivity contribution in [1.29, 1.82) is 0 Å². The van der Waals surface area contributed by atoms with E-state index in [0.29, 0.717) is 5.69 Å². The minimum atomic E-state index is -1.30. The second kappa shape index (κ2) is 8.39. The van der Waals surface area contributed by atoms with Gasteiger partial charge < -0.3 is 16.2 Å². The van der Waals surface area contributed by atoms with Gasteiger partial charge in [0.25, 0.3) is 0 Å². The zero-order valence-corrected chi connectivity index (χ0v) is 15.9.